The molecule has 0 saturated heterocycles. The summed E-state index contributed by atoms with van der Waals surface area (Å²) in [6.45, 7) is 5.36. The quantitative estimate of drug-likeness (QED) is 0.900. The Labute approximate surface area is 106 Å². The summed E-state index contributed by atoms with van der Waals surface area (Å²) < 4.78 is 13.5. The Kier molecular flexibility index (Phi) is 3.99. The molecular formula is C14H16FN3. The normalized spacial score (nSPS) is 10.6. The van der Waals surface area contributed by atoms with E-state index < -0.39 is 0 Å². The van der Waals surface area contributed by atoms with Crippen LogP contribution in [-0.4, -0.2) is 16.5 Å². The standard InChI is InChI=1S/C14H16FN3/c1-3-16-9-12-6-7-17-14(18-12)11-5-4-10(2)13(15)8-11/h4-8,16H,3,9H2,1-2H3. The molecule has 2 rings (SSSR count). The number of hydrogen-bond donors (Lipinski definition) is 1. The van der Waals surface area contributed by atoms with Crippen molar-refractivity contribution in [1.82, 2.24) is 15.3 Å². The van der Waals surface area contributed by atoms with Crippen molar-refractivity contribution in [2.45, 2.75) is 20.4 Å². The van der Waals surface area contributed by atoms with Gasteiger partial charge in [0.2, 0.25) is 0 Å². The van der Waals surface area contributed by atoms with Gasteiger partial charge in [-0.3, -0.25) is 0 Å². The zero-order valence-corrected chi connectivity index (χ0v) is 10.6. The van der Waals surface area contributed by atoms with Gasteiger partial charge in [0.15, 0.2) is 5.82 Å². The zero-order valence-electron chi connectivity index (χ0n) is 10.6. The Morgan fingerprint density at radius 2 is 2.11 bits per heavy atom. The summed E-state index contributed by atoms with van der Waals surface area (Å²) >= 11 is 0. The maximum atomic E-state index is 13.5. The largest absolute Gasteiger partial charge is 0.311 e. The third-order valence-corrected chi connectivity index (χ3v) is 2.70. The Bertz CT molecular complexity index is 540. The van der Waals surface area contributed by atoms with Crippen molar-refractivity contribution in [2.24, 2.45) is 0 Å². The van der Waals surface area contributed by atoms with Gasteiger partial charge in [-0.05, 0) is 31.2 Å². The minimum atomic E-state index is -0.229. The number of nitrogens with one attached hydrogen (secondary N) is 1. The molecule has 1 aromatic heterocycles. The SMILES string of the molecule is CCNCc1ccnc(-c2ccc(C)c(F)c2)n1. The van der Waals surface area contributed by atoms with Crippen molar-refractivity contribution < 1.29 is 4.39 Å². The van der Waals surface area contributed by atoms with Crippen LogP contribution in [0.1, 0.15) is 18.2 Å². The molecule has 0 bridgehead atoms. The lowest BCUT2D eigenvalue weighted by Crippen LogP contribution is -2.13. The summed E-state index contributed by atoms with van der Waals surface area (Å²) in [5, 5.41) is 3.20. The van der Waals surface area contributed by atoms with E-state index in [4.69, 9.17) is 0 Å². The lowest BCUT2D eigenvalue weighted by molar-refractivity contribution is 0.619. The first-order valence-electron chi connectivity index (χ1n) is 6.00. The van der Waals surface area contributed by atoms with E-state index in [2.05, 4.69) is 15.3 Å². The van der Waals surface area contributed by atoms with Crippen molar-refractivity contribution in [3.63, 3.8) is 0 Å². The van der Waals surface area contributed by atoms with Gasteiger partial charge in [-0.15, -0.1) is 0 Å². The van der Waals surface area contributed by atoms with E-state index in [9.17, 15) is 4.39 Å². The van der Waals surface area contributed by atoms with E-state index in [1.165, 1.54) is 6.07 Å². The van der Waals surface area contributed by atoms with E-state index in [0.717, 1.165) is 12.2 Å². The predicted octanol–water partition coefficient (Wildman–Crippen LogP) is 2.70. The third-order valence-electron chi connectivity index (χ3n) is 2.70. The number of benzene rings is 1. The van der Waals surface area contributed by atoms with Gasteiger partial charge in [0.05, 0.1) is 5.69 Å². The maximum absolute atomic E-state index is 13.5. The lowest BCUT2D eigenvalue weighted by Gasteiger charge is -2.05. The van der Waals surface area contributed by atoms with Gasteiger partial charge in [0.1, 0.15) is 5.82 Å². The monoisotopic (exact) mass is 245 g/mol. The predicted molar refractivity (Wildman–Crippen MR) is 69.5 cm³/mol. The molecule has 0 aliphatic heterocycles. The lowest BCUT2D eigenvalue weighted by atomic mass is 10.1. The molecule has 1 aromatic carbocycles. The van der Waals surface area contributed by atoms with E-state index in [-0.39, 0.29) is 5.82 Å². The highest BCUT2D eigenvalue weighted by Gasteiger charge is 2.05. The minimum Gasteiger partial charge on any atom is -0.311 e. The molecule has 0 amide bonds. The van der Waals surface area contributed by atoms with Crippen molar-refractivity contribution in [1.29, 1.82) is 0 Å². The van der Waals surface area contributed by atoms with Crippen molar-refractivity contribution in [3.8, 4) is 11.4 Å². The molecule has 1 N–H and O–H groups in total. The van der Waals surface area contributed by atoms with Crippen LogP contribution < -0.4 is 5.32 Å². The van der Waals surface area contributed by atoms with E-state index in [1.807, 2.05) is 19.1 Å². The molecule has 1 heterocycles. The molecule has 4 heteroatoms. The van der Waals surface area contributed by atoms with Gasteiger partial charge < -0.3 is 5.32 Å². The smallest absolute Gasteiger partial charge is 0.159 e. The van der Waals surface area contributed by atoms with Crippen LogP contribution in [0.5, 0.6) is 0 Å². The Morgan fingerprint density at radius 3 is 2.83 bits per heavy atom. The Morgan fingerprint density at radius 1 is 1.28 bits per heavy atom. The summed E-state index contributed by atoms with van der Waals surface area (Å²) in [6.07, 6.45) is 1.70. The average Bonchev–Trinajstić information content (AvgIpc) is 2.40. The molecule has 0 aliphatic rings. The molecule has 18 heavy (non-hydrogen) atoms. The number of nitrogens with zero attached hydrogens (tertiary/aromatic N) is 2. The van der Waals surface area contributed by atoms with Crippen LogP contribution in [0.4, 0.5) is 4.39 Å². The molecule has 0 spiro atoms. The molecule has 0 atom stereocenters. The van der Waals surface area contributed by atoms with Crippen molar-refractivity contribution >= 4 is 0 Å². The summed E-state index contributed by atoms with van der Waals surface area (Å²) in [5.41, 5.74) is 2.24. The molecule has 0 aliphatic carbocycles. The van der Waals surface area contributed by atoms with Crippen LogP contribution in [0.2, 0.25) is 0 Å². The summed E-state index contributed by atoms with van der Waals surface area (Å²) in [5.74, 6) is 0.331. The second-order valence-electron chi connectivity index (χ2n) is 4.12. The fraction of sp³-hybridized carbons (Fsp3) is 0.286. The summed E-state index contributed by atoms with van der Waals surface area (Å²) in [4.78, 5) is 8.59. The van der Waals surface area contributed by atoms with E-state index in [0.29, 0.717) is 23.5 Å². The first-order valence-corrected chi connectivity index (χ1v) is 6.00. The topological polar surface area (TPSA) is 37.8 Å². The third kappa shape index (κ3) is 2.90. The van der Waals surface area contributed by atoms with Gasteiger partial charge in [0.25, 0.3) is 0 Å². The molecule has 3 nitrogen and oxygen atoms in total. The first kappa shape index (κ1) is 12.6. The van der Waals surface area contributed by atoms with Crippen LogP contribution in [0.3, 0.4) is 0 Å². The molecule has 94 valence electrons. The Hall–Kier alpha value is -1.81. The van der Waals surface area contributed by atoms with E-state index >= 15 is 0 Å². The van der Waals surface area contributed by atoms with Crippen molar-refractivity contribution in [2.75, 3.05) is 6.54 Å². The van der Waals surface area contributed by atoms with E-state index in [1.54, 1.807) is 19.2 Å². The average molecular weight is 245 g/mol. The fourth-order valence-electron chi connectivity index (χ4n) is 1.62. The number of rotatable bonds is 4. The number of aromatic nitrogens is 2. The highest BCUT2D eigenvalue weighted by molar-refractivity contribution is 5.55. The number of halogens is 1. The molecule has 0 saturated carbocycles. The van der Waals surface area contributed by atoms with Gasteiger partial charge in [-0.2, -0.15) is 0 Å². The molecular weight excluding hydrogens is 229 g/mol. The van der Waals surface area contributed by atoms with Crippen LogP contribution in [0.15, 0.2) is 30.5 Å². The number of aryl methyl sites for hydroxylation is 1. The maximum Gasteiger partial charge on any atom is 0.159 e. The first-order chi connectivity index (χ1) is 8.70. The molecule has 0 fully saturated rings. The highest BCUT2D eigenvalue weighted by Crippen LogP contribution is 2.18. The zero-order chi connectivity index (χ0) is 13.0. The van der Waals surface area contributed by atoms with Crippen LogP contribution in [0, 0.1) is 12.7 Å². The summed E-state index contributed by atoms with van der Waals surface area (Å²) in [7, 11) is 0. The second kappa shape index (κ2) is 5.69. The molecule has 2 aromatic rings. The van der Waals surface area contributed by atoms with Gasteiger partial charge >= 0.3 is 0 Å². The van der Waals surface area contributed by atoms with Crippen LogP contribution in [0.25, 0.3) is 11.4 Å². The van der Waals surface area contributed by atoms with Gasteiger partial charge in [0, 0.05) is 18.3 Å². The van der Waals surface area contributed by atoms with Crippen molar-refractivity contribution in [3.05, 3.63) is 47.5 Å². The van der Waals surface area contributed by atoms with Crippen LogP contribution in [-0.2, 0) is 6.54 Å². The second-order valence-corrected chi connectivity index (χ2v) is 4.12. The Balaban J connectivity index is 2.29. The van der Waals surface area contributed by atoms with Gasteiger partial charge in [-0.1, -0.05) is 19.1 Å². The molecule has 0 radical (unpaired) electrons. The summed E-state index contributed by atoms with van der Waals surface area (Å²) in [6, 6.07) is 6.91. The minimum absolute atomic E-state index is 0.229. The van der Waals surface area contributed by atoms with Gasteiger partial charge in [-0.25, -0.2) is 14.4 Å². The highest BCUT2D eigenvalue weighted by atomic mass is 19.1. The molecule has 0 unspecified atom stereocenters. The fourth-order valence-corrected chi connectivity index (χ4v) is 1.62. The van der Waals surface area contributed by atoms with Crippen LogP contribution >= 0.6 is 0 Å². The number of hydrogen-bond acceptors (Lipinski definition) is 3.